The Morgan fingerprint density at radius 2 is 2.20 bits per heavy atom. The molecule has 0 saturated carbocycles. The molecule has 0 unspecified atom stereocenters. The molecule has 0 aliphatic rings. The maximum Gasteiger partial charge on any atom is 0.224 e. The fourth-order valence-electron chi connectivity index (χ4n) is 1.38. The van der Waals surface area contributed by atoms with Crippen LogP contribution in [0, 0.1) is 0 Å². The van der Waals surface area contributed by atoms with Gasteiger partial charge in [0.05, 0.1) is 24.6 Å². The van der Waals surface area contributed by atoms with Crippen LogP contribution in [0.3, 0.4) is 0 Å². The molecule has 15 heavy (non-hydrogen) atoms. The first-order chi connectivity index (χ1) is 7.24. The van der Waals surface area contributed by atoms with E-state index in [-0.39, 0.29) is 12.3 Å². The third-order valence-corrected chi connectivity index (χ3v) is 2.07. The molecule has 0 fully saturated rings. The number of methoxy groups -OCH3 is 1. The van der Waals surface area contributed by atoms with Crippen LogP contribution in [0.5, 0.6) is 11.6 Å². The number of rotatable bonds is 2. The molecule has 5 heteroatoms. The van der Waals surface area contributed by atoms with Crippen molar-refractivity contribution in [3.05, 3.63) is 24.0 Å². The summed E-state index contributed by atoms with van der Waals surface area (Å²) in [7, 11) is 1.54. The van der Waals surface area contributed by atoms with Gasteiger partial charge in [-0.1, -0.05) is 0 Å². The average molecular weight is 205 g/mol. The number of phenolic OH excluding ortho intramolecular Hbond substituents is 1. The van der Waals surface area contributed by atoms with Gasteiger partial charge in [0.15, 0.2) is 0 Å². The van der Waals surface area contributed by atoms with Crippen molar-refractivity contribution in [1.82, 2.24) is 9.97 Å². The Morgan fingerprint density at radius 1 is 1.40 bits per heavy atom. The molecule has 0 bridgehead atoms. The molecule has 78 valence electrons. The maximum absolute atomic E-state index is 9.32. The number of benzene rings is 1. The maximum atomic E-state index is 9.32. The van der Waals surface area contributed by atoms with E-state index < -0.39 is 0 Å². The summed E-state index contributed by atoms with van der Waals surface area (Å²) >= 11 is 0. The molecule has 1 aromatic carbocycles. The van der Waals surface area contributed by atoms with Gasteiger partial charge in [0.2, 0.25) is 5.88 Å². The van der Waals surface area contributed by atoms with E-state index in [0.717, 1.165) is 5.39 Å². The van der Waals surface area contributed by atoms with E-state index in [1.807, 2.05) is 0 Å². The van der Waals surface area contributed by atoms with Crippen molar-refractivity contribution in [1.29, 1.82) is 0 Å². The summed E-state index contributed by atoms with van der Waals surface area (Å²) < 4.78 is 5.12. The Morgan fingerprint density at radius 3 is 2.87 bits per heavy atom. The second kappa shape index (κ2) is 3.70. The van der Waals surface area contributed by atoms with E-state index in [1.165, 1.54) is 7.11 Å². The van der Waals surface area contributed by atoms with Crippen LogP contribution >= 0.6 is 0 Å². The lowest BCUT2D eigenvalue weighted by molar-refractivity contribution is 0.400. The van der Waals surface area contributed by atoms with Gasteiger partial charge in [-0.25, -0.2) is 4.98 Å². The van der Waals surface area contributed by atoms with Gasteiger partial charge in [0, 0.05) is 6.07 Å². The molecule has 5 nitrogen and oxygen atoms in total. The summed E-state index contributed by atoms with van der Waals surface area (Å²) in [6, 6.07) is 4.83. The number of ether oxygens (including phenoxy) is 1. The van der Waals surface area contributed by atoms with Crippen molar-refractivity contribution in [3.63, 3.8) is 0 Å². The molecule has 1 heterocycles. The third kappa shape index (κ3) is 1.69. The van der Waals surface area contributed by atoms with Crippen LogP contribution in [-0.4, -0.2) is 22.2 Å². The zero-order chi connectivity index (χ0) is 10.8. The molecule has 2 aromatic rings. The van der Waals surface area contributed by atoms with E-state index in [1.54, 1.807) is 18.2 Å². The third-order valence-electron chi connectivity index (χ3n) is 2.07. The highest BCUT2D eigenvalue weighted by molar-refractivity contribution is 5.84. The van der Waals surface area contributed by atoms with Crippen LogP contribution < -0.4 is 10.5 Å². The fraction of sp³-hybridized carbons (Fsp3) is 0.200. The summed E-state index contributed by atoms with van der Waals surface area (Å²) in [5.41, 5.74) is 6.09. The van der Waals surface area contributed by atoms with E-state index in [0.29, 0.717) is 17.2 Å². The highest BCUT2D eigenvalue weighted by Crippen LogP contribution is 2.25. The first kappa shape index (κ1) is 9.67. The second-order valence-electron chi connectivity index (χ2n) is 3.05. The predicted octanol–water partition coefficient (Wildman–Crippen LogP) is 0.803. The topological polar surface area (TPSA) is 81.3 Å². The molecule has 0 aliphatic carbocycles. The molecule has 2 rings (SSSR count). The smallest absolute Gasteiger partial charge is 0.224 e. The Labute approximate surface area is 86.5 Å². The first-order valence-corrected chi connectivity index (χ1v) is 4.48. The molecule has 0 spiro atoms. The Kier molecular flexibility index (Phi) is 2.39. The summed E-state index contributed by atoms with van der Waals surface area (Å²) in [5.74, 6) is 1.12. The monoisotopic (exact) mass is 205 g/mol. The lowest BCUT2D eigenvalue weighted by Gasteiger charge is -2.06. The molecule has 0 aliphatic heterocycles. The number of aromatic nitrogens is 2. The lowest BCUT2D eigenvalue weighted by Crippen LogP contribution is -2.04. The van der Waals surface area contributed by atoms with Gasteiger partial charge in [0.25, 0.3) is 0 Å². The van der Waals surface area contributed by atoms with Gasteiger partial charge in [-0.15, -0.1) is 0 Å². The molecule has 3 N–H and O–H groups in total. The van der Waals surface area contributed by atoms with Crippen LogP contribution in [-0.2, 0) is 6.54 Å². The molecule has 0 amide bonds. The molecule has 1 aromatic heterocycles. The Bertz CT molecular complexity index is 499. The summed E-state index contributed by atoms with van der Waals surface area (Å²) in [6.07, 6.45) is 0. The number of hydrogen-bond donors (Lipinski definition) is 2. The van der Waals surface area contributed by atoms with Crippen molar-refractivity contribution < 1.29 is 9.84 Å². The number of aromatic hydroxyl groups is 1. The SMILES string of the molecule is COc1nc(CN)nc2cc(O)ccc12. The van der Waals surface area contributed by atoms with Crippen molar-refractivity contribution in [2.75, 3.05) is 7.11 Å². The van der Waals surface area contributed by atoms with Crippen LogP contribution in [0.15, 0.2) is 18.2 Å². The van der Waals surface area contributed by atoms with Crippen molar-refractivity contribution in [3.8, 4) is 11.6 Å². The van der Waals surface area contributed by atoms with Gasteiger partial charge in [-0.2, -0.15) is 4.98 Å². The minimum atomic E-state index is 0.159. The number of hydrogen-bond acceptors (Lipinski definition) is 5. The number of fused-ring (bicyclic) bond motifs is 1. The van der Waals surface area contributed by atoms with Gasteiger partial charge in [-0.05, 0) is 12.1 Å². The van der Waals surface area contributed by atoms with Crippen molar-refractivity contribution in [2.45, 2.75) is 6.54 Å². The summed E-state index contributed by atoms with van der Waals surface area (Å²) in [4.78, 5) is 8.31. The molecule has 0 saturated heterocycles. The highest BCUT2D eigenvalue weighted by atomic mass is 16.5. The number of nitrogens with zero attached hydrogens (tertiary/aromatic N) is 2. The number of nitrogens with two attached hydrogens (primary N) is 1. The normalized spacial score (nSPS) is 10.5. The molecular weight excluding hydrogens is 194 g/mol. The second-order valence-corrected chi connectivity index (χ2v) is 3.05. The van der Waals surface area contributed by atoms with E-state index >= 15 is 0 Å². The van der Waals surface area contributed by atoms with Gasteiger partial charge in [0.1, 0.15) is 11.6 Å². The van der Waals surface area contributed by atoms with Crippen LogP contribution in [0.2, 0.25) is 0 Å². The largest absolute Gasteiger partial charge is 0.508 e. The fourth-order valence-corrected chi connectivity index (χ4v) is 1.38. The van der Waals surface area contributed by atoms with E-state index in [2.05, 4.69) is 9.97 Å². The van der Waals surface area contributed by atoms with Crippen LogP contribution in [0.4, 0.5) is 0 Å². The van der Waals surface area contributed by atoms with Crippen molar-refractivity contribution >= 4 is 10.9 Å². The minimum absolute atomic E-state index is 0.159. The van der Waals surface area contributed by atoms with E-state index in [9.17, 15) is 5.11 Å². The van der Waals surface area contributed by atoms with Crippen molar-refractivity contribution in [2.24, 2.45) is 5.73 Å². The Hall–Kier alpha value is -1.88. The summed E-state index contributed by atoms with van der Waals surface area (Å²) in [6.45, 7) is 0.238. The standard InChI is InChI=1S/C10H11N3O2/c1-15-10-7-3-2-6(14)4-8(7)12-9(5-11)13-10/h2-4,14H,5,11H2,1H3. The van der Waals surface area contributed by atoms with Crippen LogP contribution in [0.25, 0.3) is 10.9 Å². The quantitative estimate of drug-likeness (QED) is 0.758. The van der Waals surface area contributed by atoms with Gasteiger partial charge >= 0.3 is 0 Å². The first-order valence-electron chi connectivity index (χ1n) is 4.48. The number of phenols is 1. The Balaban J connectivity index is 2.74. The highest BCUT2D eigenvalue weighted by Gasteiger charge is 2.07. The molecular formula is C10H11N3O2. The average Bonchev–Trinajstić information content (AvgIpc) is 2.26. The minimum Gasteiger partial charge on any atom is -0.508 e. The van der Waals surface area contributed by atoms with Crippen LogP contribution in [0.1, 0.15) is 5.82 Å². The van der Waals surface area contributed by atoms with Gasteiger partial charge in [-0.3, -0.25) is 0 Å². The van der Waals surface area contributed by atoms with E-state index in [4.69, 9.17) is 10.5 Å². The zero-order valence-corrected chi connectivity index (χ0v) is 8.27. The zero-order valence-electron chi connectivity index (χ0n) is 8.27. The lowest BCUT2D eigenvalue weighted by atomic mass is 10.2. The summed E-state index contributed by atoms with van der Waals surface area (Å²) in [5, 5.41) is 10.1. The molecule has 0 atom stereocenters. The predicted molar refractivity (Wildman–Crippen MR) is 55.6 cm³/mol. The van der Waals surface area contributed by atoms with Gasteiger partial charge < -0.3 is 15.6 Å². The molecule has 0 radical (unpaired) electrons.